The molecule has 0 saturated carbocycles. The molecule has 3 aromatic carbocycles. The van der Waals surface area contributed by atoms with Crippen molar-refractivity contribution < 1.29 is 38.7 Å². The summed E-state index contributed by atoms with van der Waals surface area (Å²) in [5, 5.41) is 19.7. The molecule has 0 atom stereocenters. The lowest BCUT2D eigenvalue weighted by Gasteiger charge is -2.15. The number of carboxylic acids is 2. The van der Waals surface area contributed by atoms with E-state index in [1.807, 2.05) is 39.0 Å². The standard InChI is InChI=1S/C33H36O8/c1-4-14-38-16-6-18-40-25-9-12-28(32(34)35)30(21-25)24-8-11-27(23(3)20-24)31-22-26(10-13-29(31)33(36)37)41-19-7-17-39-15-5-2/h4-5,8-15,20-22H,6-7,16-19H2,1-3H3,(H,34,35)(H,36,37). The number of allylic oxidation sites excluding steroid dienone is 2. The van der Waals surface area contributed by atoms with Crippen LogP contribution in [0.4, 0.5) is 0 Å². The molecule has 0 spiro atoms. The van der Waals surface area contributed by atoms with E-state index in [-0.39, 0.29) is 11.1 Å². The third-order valence-corrected chi connectivity index (χ3v) is 6.09. The molecule has 0 aliphatic rings. The van der Waals surface area contributed by atoms with Crippen LogP contribution in [0.5, 0.6) is 11.5 Å². The molecule has 0 heterocycles. The van der Waals surface area contributed by atoms with E-state index in [1.54, 1.807) is 48.9 Å². The van der Waals surface area contributed by atoms with Crippen molar-refractivity contribution in [3.05, 3.63) is 96.0 Å². The van der Waals surface area contributed by atoms with Crippen molar-refractivity contribution in [3.8, 4) is 33.8 Å². The van der Waals surface area contributed by atoms with Gasteiger partial charge in [0.1, 0.15) is 11.5 Å². The highest BCUT2D eigenvalue weighted by atomic mass is 16.5. The van der Waals surface area contributed by atoms with E-state index in [0.717, 1.165) is 5.56 Å². The lowest BCUT2D eigenvalue weighted by molar-refractivity contribution is 0.0686. The largest absolute Gasteiger partial charge is 0.501 e. The van der Waals surface area contributed by atoms with Crippen molar-refractivity contribution in [2.45, 2.75) is 33.6 Å². The van der Waals surface area contributed by atoms with Gasteiger partial charge in [-0.1, -0.05) is 30.4 Å². The first kappa shape index (κ1) is 30.8. The first-order valence-electron chi connectivity index (χ1n) is 13.4. The van der Waals surface area contributed by atoms with E-state index < -0.39 is 11.9 Å². The van der Waals surface area contributed by atoms with Crippen LogP contribution in [0, 0.1) is 6.92 Å². The Morgan fingerprint density at radius 3 is 1.66 bits per heavy atom. The second-order valence-corrected chi connectivity index (χ2v) is 9.14. The maximum Gasteiger partial charge on any atom is 0.336 e. The predicted octanol–water partition coefficient (Wildman–Crippen LogP) is 7.36. The Labute approximate surface area is 240 Å². The van der Waals surface area contributed by atoms with Gasteiger partial charge in [-0.15, -0.1) is 0 Å². The molecule has 0 aromatic heterocycles. The van der Waals surface area contributed by atoms with Crippen LogP contribution in [0.1, 0.15) is 53.0 Å². The highest BCUT2D eigenvalue weighted by Crippen LogP contribution is 2.35. The third-order valence-electron chi connectivity index (χ3n) is 6.09. The van der Waals surface area contributed by atoms with Crippen LogP contribution in [-0.4, -0.2) is 48.6 Å². The molecule has 41 heavy (non-hydrogen) atoms. The van der Waals surface area contributed by atoms with Gasteiger partial charge in [0.2, 0.25) is 0 Å². The number of aromatic carboxylic acids is 2. The fourth-order valence-corrected chi connectivity index (χ4v) is 4.19. The number of carboxylic acid groups (broad SMARTS) is 2. The molecule has 0 amide bonds. The van der Waals surface area contributed by atoms with Gasteiger partial charge in [0, 0.05) is 18.4 Å². The van der Waals surface area contributed by atoms with Crippen molar-refractivity contribution in [1.82, 2.24) is 0 Å². The summed E-state index contributed by atoms with van der Waals surface area (Å²) in [7, 11) is 0. The average Bonchev–Trinajstić information content (AvgIpc) is 2.96. The van der Waals surface area contributed by atoms with Crippen LogP contribution in [0.3, 0.4) is 0 Å². The third kappa shape index (κ3) is 8.89. The van der Waals surface area contributed by atoms with Gasteiger partial charge in [-0.2, -0.15) is 0 Å². The summed E-state index contributed by atoms with van der Waals surface area (Å²) in [6.07, 6.45) is 8.21. The molecule has 0 radical (unpaired) electrons. The van der Waals surface area contributed by atoms with Crippen LogP contribution < -0.4 is 9.47 Å². The van der Waals surface area contributed by atoms with E-state index in [1.165, 1.54) is 12.1 Å². The summed E-state index contributed by atoms with van der Waals surface area (Å²) >= 11 is 0. The minimum absolute atomic E-state index is 0.140. The smallest absolute Gasteiger partial charge is 0.336 e. The monoisotopic (exact) mass is 560 g/mol. The van der Waals surface area contributed by atoms with Crippen LogP contribution in [0.15, 0.2) is 79.3 Å². The van der Waals surface area contributed by atoms with E-state index >= 15 is 0 Å². The summed E-state index contributed by atoms with van der Waals surface area (Å²) in [6, 6.07) is 15.2. The fourth-order valence-electron chi connectivity index (χ4n) is 4.19. The molecule has 0 aliphatic heterocycles. The number of hydrogen-bond acceptors (Lipinski definition) is 6. The maximum atomic E-state index is 12.0. The van der Waals surface area contributed by atoms with Crippen molar-refractivity contribution in [1.29, 1.82) is 0 Å². The van der Waals surface area contributed by atoms with Crippen LogP contribution in [0.25, 0.3) is 22.3 Å². The SMILES string of the molecule is CC=COCCCOc1ccc(C(=O)O)c(-c2ccc(-c3cc(OCCCOC=CC)ccc3C(=O)O)c(C)c2)c1. The fraction of sp³-hybridized carbons (Fsp3) is 0.273. The van der Waals surface area contributed by atoms with Gasteiger partial charge in [-0.05, 0) is 79.4 Å². The summed E-state index contributed by atoms with van der Waals surface area (Å²) in [6.45, 7) is 7.47. The molecular formula is C33H36O8. The second kappa shape index (κ2) is 15.8. The molecular weight excluding hydrogens is 524 g/mol. The molecule has 2 N–H and O–H groups in total. The van der Waals surface area contributed by atoms with E-state index in [4.69, 9.17) is 18.9 Å². The number of ether oxygens (including phenoxy) is 4. The van der Waals surface area contributed by atoms with Crippen LogP contribution >= 0.6 is 0 Å². The second-order valence-electron chi connectivity index (χ2n) is 9.14. The summed E-state index contributed by atoms with van der Waals surface area (Å²) in [5.41, 5.74) is 3.47. The van der Waals surface area contributed by atoms with Gasteiger partial charge < -0.3 is 29.2 Å². The topological polar surface area (TPSA) is 112 Å². The minimum atomic E-state index is -1.05. The van der Waals surface area contributed by atoms with Crippen molar-refractivity contribution >= 4 is 11.9 Å². The number of carbonyl (C=O) groups is 2. The van der Waals surface area contributed by atoms with Crippen LogP contribution in [-0.2, 0) is 9.47 Å². The van der Waals surface area contributed by atoms with E-state index in [9.17, 15) is 19.8 Å². The molecule has 3 aromatic rings. The van der Waals surface area contributed by atoms with E-state index in [0.29, 0.717) is 73.0 Å². The molecule has 216 valence electrons. The van der Waals surface area contributed by atoms with Crippen molar-refractivity contribution in [2.24, 2.45) is 0 Å². The number of hydrogen-bond donors (Lipinski definition) is 2. The Balaban J connectivity index is 1.86. The minimum Gasteiger partial charge on any atom is -0.501 e. The molecule has 8 nitrogen and oxygen atoms in total. The number of benzene rings is 3. The van der Waals surface area contributed by atoms with Crippen LogP contribution in [0.2, 0.25) is 0 Å². The Kier molecular flexibility index (Phi) is 11.8. The lowest BCUT2D eigenvalue weighted by atomic mass is 9.91. The molecule has 0 fully saturated rings. The summed E-state index contributed by atoms with van der Waals surface area (Å²) in [5.74, 6) is -1.01. The Morgan fingerprint density at radius 2 is 1.17 bits per heavy atom. The van der Waals surface area contributed by atoms with Gasteiger partial charge in [-0.3, -0.25) is 0 Å². The molecule has 0 bridgehead atoms. The molecule has 8 heteroatoms. The zero-order chi connectivity index (χ0) is 29.6. The Hall–Kier alpha value is -4.72. The van der Waals surface area contributed by atoms with Gasteiger partial charge in [0.25, 0.3) is 0 Å². The zero-order valence-corrected chi connectivity index (χ0v) is 23.6. The van der Waals surface area contributed by atoms with Gasteiger partial charge >= 0.3 is 11.9 Å². The van der Waals surface area contributed by atoms with Gasteiger partial charge in [0.05, 0.1) is 50.1 Å². The molecule has 3 rings (SSSR count). The molecule has 0 aliphatic carbocycles. The number of aryl methyl sites for hydroxylation is 1. The van der Waals surface area contributed by atoms with Crippen molar-refractivity contribution in [2.75, 3.05) is 26.4 Å². The highest BCUT2D eigenvalue weighted by Gasteiger charge is 2.18. The lowest BCUT2D eigenvalue weighted by Crippen LogP contribution is -2.05. The molecule has 0 saturated heterocycles. The Bertz CT molecular complexity index is 1390. The van der Waals surface area contributed by atoms with Gasteiger partial charge in [0.15, 0.2) is 0 Å². The zero-order valence-electron chi connectivity index (χ0n) is 23.6. The first-order chi connectivity index (χ1) is 19.8. The normalized spacial score (nSPS) is 11.1. The quantitative estimate of drug-likeness (QED) is 0.138. The summed E-state index contributed by atoms with van der Waals surface area (Å²) in [4.78, 5) is 24.0. The first-order valence-corrected chi connectivity index (χ1v) is 13.4. The van der Waals surface area contributed by atoms with Crippen molar-refractivity contribution in [3.63, 3.8) is 0 Å². The summed E-state index contributed by atoms with van der Waals surface area (Å²) < 4.78 is 22.3. The predicted molar refractivity (Wildman–Crippen MR) is 158 cm³/mol. The molecule has 0 unspecified atom stereocenters. The Morgan fingerprint density at radius 1 is 0.659 bits per heavy atom. The van der Waals surface area contributed by atoms with Gasteiger partial charge in [-0.25, -0.2) is 9.59 Å². The van der Waals surface area contributed by atoms with E-state index in [2.05, 4.69) is 0 Å². The number of rotatable bonds is 16. The highest BCUT2D eigenvalue weighted by molar-refractivity contribution is 5.98. The maximum absolute atomic E-state index is 12.0. The average molecular weight is 561 g/mol.